The number of hydrogen-bond acceptors (Lipinski definition) is 2. The summed E-state index contributed by atoms with van der Waals surface area (Å²) in [4.78, 5) is 0. The molecule has 1 aromatic carbocycles. The lowest BCUT2D eigenvalue weighted by Gasteiger charge is -2.28. The van der Waals surface area contributed by atoms with Crippen molar-refractivity contribution in [3.63, 3.8) is 0 Å². The number of nitrogens with one attached hydrogen (secondary N) is 2. The Balaban J connectivity index is 2.04. The smallest absolute Gasteiger partial charge is 0.159 e. The molecule has 2 rings (SSSR count). The van der Waals surface area contributed by atoms with Crippen LogP contribution in [-0.2, 0) is 0 Å². The number of hydrogen-bond donors (Lipinski definition) is 2. The first-order valence-electron chi connectivity index (χ1n) is 6.56. The molecule has 1 aliphatic rings. The van der Waals surface area contributed by atoms with E-state index in [1.807, 2.05) is 7.05 Å². The van der Waals surface area contributed by atoms with Crippen molar-refractivity contribution in [2.45, 2.75) is 37.8 Å². The quantitative estimate of drug-likeness (QED) is 0.863. The molecule has 2 N–H and O–H groups in total. The molecule has 0 saturated carbocycles. The summed E-state index contributed by atoms with van der Waals surface area (Å²) in [5.74, 6) is -1.56. The first-order chi connectivity index (χ1) is 8.70. The summed E-state index contributed by atoms with van der Waals surface area (Å²) in [7, 11) is 1.86. The zero-order valence-electron chi connectivity index (χ0n) is 10.7. The fourth-order valence-corrected chi connectivity index (χ4v) is 2.56. The molecule has 0 bridgehead atoms. The zero-order chi connectivity index (χ0) is 13.0. The maximum absolute atomic E-state index is 13.2. The molecule has 2 atom stereocenters. The van der Waals surface area contributed by atoms with Crippen molar-refractivity contribution in [1.82, 2.24) is 10.6 Å². The van der Waals surface area contributed by atoms with Gasteiger partial charge in [-0.05, 0) is 50.6 Å². The Kier molecular flexibility index (Phi) is 4.66. The van der Waals surface area contributed by atoms with Crippen molar-refractivity contribution in [3.05, 3.63) is 35.4 Å². The van der Waals surface area contributed by atoms with Crippen molar-refractivity contribution in [3.8, 4) is 0 Å². The Bertz CT molecular complexity index is 389. The second-order valence-electron chi connectivity index (χ2n) is 4.90. The van der Waals surface area contributed by atoms with Crippen LogP contribution in [0, 0.1) is 11.6 Å². The van der Waals surface area contributed by atoms with Crippen LogP contribution >= 0.6 is 0 Å². The Labute approximate surface area is 107 Å². The van der Waals surface area contributed by atoms with Gasteiger partial charge in [0.25, 0.3) is 0 Å². The van der Waals surface area contributed by atoms with Gasteiger partial charge in [-0.15, -0.1) is 0 Å². The first kappa shape index (κ1) is 13.4. The van der Waals surface area contributed by atoms with Crippen molar-refractivity contribution < 1.29 is 8.78 Å². The van der Waals surface area contributed by atoms with Crippen molar-refractivity contribution >= 4 is 0 Å². The molecule has 0 amide bonds. The number of piperidine rings is 1. The maximum atomic E-state index is 13.2. The van der Waals surface area contributed by atoms with Crippen LogP contribution < -0.4 is 10.6 Å². The van der Waals surface area contributed by atoms with Crippen LogP contribution in [0.5, 0.6) is 0 Å². The van der Waals surface area contributed by atoms with Crippen LogP contribution in [0.15, 0.2) is 18.2 Å². The summed E-state index contributed by atoms with van der Waals surface area (Å²) in [5.41, 5.74) is 0.809. The standard InChI is InChI=1S/C14H20F2N2/c1-17-14(9-11-4-2-3-7-18-11)10-5-6-12(15)13(16)8-10/h5-6,8,11,14,17-18H,2-4,7,9H2,1H3. The molecule has 1 aromatic rings. The molecule has 18 heavy (non-hydrogen) atoms. The highest BCUT2D eigenvalue weighted by atomic mass is 19.2. The lowest BCUT2D eigenvalue weighted by atomic mass is 9.94. The van der Waals surface area contributed by atoms with Crippen LogP contribution in [0.2, 0.25) is 0 Å². The van der Waals surface area contributed by atoms with Gasteiger partial charge in [-0.3, -0.25) is 0 Å². The minimum absolute atomic E-state index is 0.0655. The van der Waals surface area contributed by atoms with Gasteiger partial charge in [-0.25, -0.2) is 8.78 Å². The van der Waals surface area contributed by atoms with E-state index in [0.29, 0.717) is 6.04 Å². The van der Waals surface area contributed by atoms with E-state index < -0.39 is 11.6 Å². The molecular weight excluding hydrogens is 234 g/mol. The van der Waals surface area contributed by atoms with E-state index in [9.17, 15) is 8.78 Å². The first-order valence-corrected chi connectivity index (χ1v) is 6.56. The van der Waals surface area contributed by atoms with Crippen LogP contribution in [0.3, 0.4) is 0 Å². The van der Waals surface area contributed by atoms with Gasteiger partial charge in [0, 0.05) is 12.1 Å². The predicted molar refractivity (Wildman–Crippen MR) is 68.4 cm³/mol. The molecule has 2 nitrogen and oxygen atoms in total. The van der Waals surface area contributed by atoms with Crippen LogP contribution in [-0.4, -0.2) is 19.6 Å². The normalized spacial score (nSPS) is 21.8. The van der Waals surface area contributed by atoms with Gasteiger partial charge in [0.05, 0.1) is 0 Å². The van der Waals surface area contributed by atoms with Crippen molar-refractivity contribution in [2.24, 2.45) is 0 Å². The molecule has 2 unspecified atom stereocenters. The van der Waals surface area contributed by atoms with Crippen LogP contribution in [0.4, 0.5) is 8.78 Å². The summed E-state index contributed by atoms with van der Waals surface area (Å²) in [6.07, 6.45) is 4.53. The third kappa shape index (κ3) is 3.27. The molecular formula is C14H20F2N2. The average molecular weight is 254 g/mol. The van der Waals surface area contributed by atoms with Gasteiger partial charge in [0.15, 0.2) is 11.6 Å². The van der Waals surface area contributed by atoms with E-state index in [1.54, 1.807) is 6.07 Å². The maximum Gasteiger partial charge on any atom is 0.159 e. The molecule has 0 aromatic heterocycles. The van der Waals surface area contributed by atoms with E-state index in [0.717, 1.165) is 24.9 Å². The van der Waals surface area contributed by atoms with Gasteiger partial charge in [-0.1, -0.05) is 12.5 Å². The average Bonchev–Trinajstić information content (AvgIpc) is 2.40. The molecule has 1 heterocycles. The summed E-state index contributed by atoms with van der Waals surface area (Å²) in [5, 5.41) is 6.66. The lowest BCUT2D eigenvalue weighted by molar-refractivity contribution is 0.346. The number of rotatable bonds is 4. The van der Waals surface area contributed by atoms with Crippen LogP contribution in [0.1, 0.15) is 37.3 Å². The Morgan fingerprint density at radius 1 is 1.33 bits per heavy atom. The molecule has 1 aliphatic heterocycles. The predicted octanol–water partition coefficient (Wildman–Crippen LogP) is 2.76. The fourth-order valence-electron chi connectivity index (χ4n) is 2.56. The van der Waals surface area contributed by atoms with Crippen molar-refractivity contribution in [2.75, 3.05) is 13.6 Å². The topological polar surface area (TPSA) is 24.1 Å². The van der Waals surface area contributed by atoms with Gasteiger partial charge >= 0.3 is 0 Å². The van der Waals surface area contributed by atoms with E-state index in [-0.39, 0.29) is 6.04 Å². The third-order valence-electron chi connectivity index (χ3n) is 3.63. The molecule has 0 spiro atoms. The van der Waals surface area contributed by atoms with E-state index in [4.69, 9.17) is 0 Å². The molecule has 100 valence electrons. The zero-order valence-corrected chi connectivity index (χ0v) is 10.7. The minimum Gasteiger partial charge on any atom is -0.314 e. The van der Waals surface area contributed by atoms with Gasteiger partial charge in [-0.2, -0.15) is 0 Å². The molecule has 4 heteroatoms. The third-order valence-corrected chi connectivity index (χ3v) is 3.63. The highest BCUT2D eigenvalue weighted by Gasteiger charge is 2.19. The van der Waals surface area contributed by atoms with Gasteiger partial charge < -0.3 is 10.6 Å². The van der Waals surface area contributed by atoms with E-state index in [2.05, 4.69) is 10.6 Å². The summed E-state index contributed by atoms with van der Waals surface area (Å²) < 4.78 is 26.2. The number of benzene rings is 1. The summed E-state index contributed by atoms with van der Waals surface area (Å²) in [6, 6.07) is 4.67. The summed E-state index contributed by atoms with van der Waals surface area (Å²) >= 11 is 0. The summed E-state index contributed by atoms with van der Waals surface area (Å²) in [6.45, 7) is 1.05. The largest absolute Gasteiger partial charge is 0.314 e. The number of halogens is 2. The van der Waals surface area contributed by atoms with Gasteiger partial charge in [0.2, 0.25) is 0 Å². The molecule has 1 fully saturated rings. The second kappa shape index (κ2) is 6.25. The van der Waals surface area contributed by atoms with Crippen LogP contribution in [0.25, 0.3) is 0 Å². The molecule has 0 aliphatic carbocycles. The van der Waals surface area contributed by atoms with Crippen molar-refractivity contribution in [1.29, 1.82) is 0 Å². The van der Waals surface area contributed by atoms with Gasteiger partial charge in [0.1, 0.15) is 0 Å². The Morgan fingerprint density at radius 2 is 2.17 bits per heavy atom. The lowest BCUT2D eigenvalue weighted by Crippen LogP contribution is -2.37. The minimum atomic E-state index is -0.788. The fraction of sp³-hybridized carbons (Fsp3) is 0.571. The molecule has 1 saturated heterocycles. The molecule has 0 radical (unpaired) electrons. The Hall–Kier alpha value is -1.00. The highest BCUT2D eigenvalue weighted by Crippen LogP contribution is 2.23. The van der Waals surface area contributed by atoms with E-state index >= 15 is 0 Å². The SMILES string of the molecule is CNC(CC1CCCCN1)c1ccc(F)c(F)c1. The Morgan fingerprint density at radius 3 is 2.78 bits per heavy atom. The highest BCUT2D eigenvalue weighted by molar-refractivity contribution is 5.21. The second-order valence-corrected chi connectivity index (χ2v) is 4.90. The van der Waals surface area contributed by atoms with E-state index in [1.165, 1.54) is 25.0 Å². The monoisotopic (exact) mass is 254 g/mol.